The zero-order valence-corrected chi connectivity index (χ0v) is 62.1. The van der Waals surface area contributed by atoms with Crippen LogP contribution >= 0.6 is 0 Å². The molecule has 0 amide bonds. The fraction of sp³-hybridized carbons (Fsp3) is 0.204. The number of fused-ring (bicyclic) bond motifs is 13. The Labute approximate surface area is 617 Å². The number of benzene rings is 12. The first-order valence-corrected chi connectivity index (χ1v) is 39.9. The van der Waals surface area contributed by atoms with E-state index in [9.17, 15) is 0 Å². The van der Waals surface area contributed by atoms with Crippen molar-refractivity contribution in [3.63, 3.8) is 0 Å². The maximum atomic E-state index is 3.04. The number of nitrogens with zero attached hydrogens (tertiary/aromatic N) is 4. The Morgan fingerprint density at radius 1 is 0.442 bits per heavy atom. The van der Waals surface area contributed by atoms with Crippen molar-refractivity contribution in [2.75, 3.05) is 9.80 Å². The van der Waals surface area contributed by atoms with Crippen LogP contribution in [-0.4, -0.2) is 36.4 Å². The molecule has 0 bridgehead atoms. The first-order chi connectivity index (χ1) is 50.9. The van der Waals surface area contributed by atoms with Crippen molar-refractivity contribution in [2.24, 2.45) is 23.2 Å². The molecular formula is C98H85BN4Se. The van der Waals surface area contributed by atoms with Gasteiger partial charge in [-0.3, -0.25) is 0 Å². The third kappa shape index (κ3) is 10.2. The molecule has 0 saturated carbocycles. The van der Waals surface area contributed by atoms with Crippen molar-refractivity contribution in [3.05, 3.63) is 302 Å². The molecule has 3 aromatic heterocycles. The maximum absolute atomic E-state index is 3.04. The van der Waals surface area contributed by atoms with Gasteiger partial charge < -0.3 is 0 Å². The minimum atomic E-state index is -0.176. The van der Waals surface area contributed by atoms with Crippen LogP contribution in [0.4, 0.5) is 28.4 Å². The van der Waals surface area contributed by atoms with Gasteiger partial charge in [0.1, 0.15) is 0 Å². The molecule has 0 radical (unpaired) electrons. The Hall–Kier alpha value is -10.4. The molecule has 3 aliphatic carbocycles. The number of rotatable bonds is 9. The van der Waals surface area contributed by atoms with Crippen molar-refractivity contribution < 1.29 is 0 Å². The predicted octanol–water partition coefficient (Wildman–Crippen LogP) is 24.1. The second-order valence-electron chi connectivity index (χ2n) is 32.4. The molecule has 0 spiro atoms. The van der Waals surface area contributed by atoms with E-state index in [0.717, 1.165) is 44.2 Å². The van der Waals surface area contributed by atoms with Crippen LogP contribution in [0.15, 0.2) is 296 Å². The van der Waals surface area contributed by atoms with Crippen LogP contribution in [0.1, 0.15) is 98.5 Å². The Kier molecular flexibility index (Phi) is 15.0. The summed E-state index contributed by atoms with van der Waals surface area (Å²) in [4.78, 5) is 5.85. The number of hydrogen-bond donors (Lipinski definition) is 0. The average molecular weight is 1410 g/mol. The van der Waals surface area contributed by atoms with Gasteiger partial charge in [-0.25, -0.2) is 0 Å². The van der Waals surface area contributed by atoms with Gasteiger partial charge in [0.15, 0.2) is 0 Å². The predicted molar refractivity (Wildman–Crippen MR) is 446 cm³/mol. The third-order valence-electron chi connectivity index (χ3n) is 24.4. The van der Waals surface area contributed by atoms with E-state index in [0.29, 0.717) is 11.8 Å². The van der Waals surface area contributed by atoms with Crippen LogP contribution in [0, 0.1) is 23.2 Å². The molecule has 4 nitrogen and oxygen atoms in total. The van der Waals surface area contributed by atoms with Crippen molar-refractivity contribution in [3.8, 4) is 44.8 Å². The SMILES string of the molecule is CC(C)(C)c1cc(-c2ccccc2)c(N2c3cc(-n4c5ccccc5c5ccccc54)ccc3B3c4ccc(-n5c6ccccc6c6ccccc65)cc4N(C4C(C5CC=CCC5)=CC(C(C)(C)C)CC4C4=CCCCC4)c4cc(-c5ccc6[se]c7ccccc7c6c5)cc2c43)c(-c2ccccc2)c1. The molecule has 5 heterocycles. The number of anilines is 5. The first-order valence-electron chi connectivity index (χ1n) is 38.2. The molecule has 6 heteroatoms. The summed E-state index contributed by atoms with van der Waals surface area (Å²) in [6.45, 7) is 14.6. The van der Waals surface area contributed by atoms with Crippen molar-refractivity contribution in [2.45, 2.75) is 104 Å². The summed E-state index contributed by atoms with van der Waals surface area (Å²) in [5.74, 6) is 1.06. The summed E-state index contributed by atoms with van der Waals surface area (Å²) < 4.78 is 8.04. The summed E-state index contributed by atoms with van der Waals surface area (Å²) >= 11 is 0.218. The van der Waals surface area contributed by atoms with Gasteiger partial charge in [-0.05, 0) is 60.8 Å². The summed E-state index contributed by atoms with van der Waals surface area (Å²) in [6.07, 6.45) is 19.7. The quantitative estimate of drug-likeness (QED) is 0.106. The van der Waals surface area contributed by atoms with Gasteiger partial charge in [0.05, 0.1) is 22.1 Å². The second kappa shape index (κ2) is 24.7. The Morgan fingerprint density at radius 2 is 0.990 bits per heavy atom. The number of aromatic nitrogens is 2. The van der Waals surface area contributed by atoms with E-state index in [2.05, 4.69) is 346 Å². The van der Waals surface area contributed by atoms with E-state index in [1.54, 1.807) is 11.1 Å². The molecule has 12 aromatic carbocycles. The fourth-order valence-corrected chi connectivity index (χ4v) is 21.5. The van der Waals surface area contributed by atoms with Gasteiger partial charge in [0, 0.05) is 21.5 Å². The standard InChI is InChI=1S/C98H85BN4Se/c1-97(2,3)68-56-77(62-29-11-7-12-30-62)95(78(57-68)63-31-13-8-14-32-63)102-88-60-70(100-84-42-24-19-37-72(84)73-38-20-25-43-85(73)100)48-50-82(88)99-83-51-49-71(101-86-44-26-21-39-74(86)75-40-22-27-45-87(75)101)61-89(83)103(91-55-67(54-90(102)94(91)99)66-47-52-93-81(53-66)76-41-23-28-46-92(76)104-93)96-79(64-33-15-9-16-34-64)58-69(98(4,5)6)59-80(96)65-35-17-10-18-36-65/h7-9,11-15,19-32,35,37-58,60-61,64,69,80,96H,10,16-18,33-34,36,59H2,1-6H3. The summed E-state index contributed by atoms with van der Waals surface area (Å²) in [7, 11) is 0. The summed E-state index contributed by atoms with van der Waals surface area (Å²) in [5, 5.41) is 7.80. The zero-order valence-electron chi connectivity index (χ0n) is 60.4. The molecule has 2 aliphatic heterocycles. The Bertz CT molecular complexity index is 5910. The van der Waals surface area contributed by atoms with E-state index in [4.69, 9.17) is 0 Å². The summed E-state index contributed by atoms with van der Waals surface area (Å²) in [5.41, 5.74) is 29.2. The van der Waals surface area contributed by atoms with Gasteiger partial charge in [0.2, 0.25) is 0 Å². The van der Waals surface area contributed by atoms with Crippen LogP contribution in [0.25, 0.3) is 108 Å². The molecule has 4 unspecified atom stereocenters. The van der Waals surface area contributed by atoms with E-state index < -0.39 is 0 Å². The normalized spacial score (nSPS) is 18.2. The first kappa shape index (κ1) is 63.3. The van der Waals surface area contributed by atoms with Crippen molar-refractivity contribution in [1.29, 1.82) is 0 Å². The van der Waals surface area contributed by atoms with E-state index in [1.165, 1.54) is 165 Å². The Balaban J connectivity index is 0.970. The van der Waals surface area contributed by atoms with Crippen LogP contribution in [0.3, 0.4) is 0 Å². The molecule has 0 saturated heterocycles. The van der Waals surface area contributed by atoms with Crippen molar-refractivity contribution >= 4 is 129 Å². The molecule has 506 valence electrons. The third-order valence-corrected chi connectivity index (χ3v) is 26.8. The molecule has 20 rings (SSSR count). The molecule has 104 heavy (non-hydrogen) atoms. The average Bonchev–Trinajstić information content (AvgIpc) is 0.775. The zero-order chi connectivity index (χ0) is 69.7. The van der Waals surface area contributed by atoms with Crippen LogP contribution < -0.4 is 26.2 Å². The van der Waals surface area contributed by atoms with E-state index in [1.807, 2.05) is 0 Å². The Morgan fingerprint density at radius 3 is 1.56 bits per heavy atom. The van der Waals surface area contributed by atoms with Gasteiger partial charge >= 0.3 is 355 Å². The molecule has 15 aromatic rings. The van der Waals surface area contributed by atoms with Crippen LogP contribution in [0.5, 0.6) is 0 Å². The van der Waals surface area contributed by atoms with E-state index in [-0.39, 0.29) is 44.0 Å². The molecule has 0 fully saturated rings. The van der Waals surface area contributed by atoms with Gasteiger partial charge in [-0.15, -0.1) is 0 Å². The molecule has 0 N–H and O–H groups in total. The minimum absolute atomic E-state index is 0.0230. The van der Waals surface area contributed by atoms with Gasteiger partial charge in [-0.2, -0.15) is 0 Å². The van der Waals surface area contributed by atoms with Crippen LogP contribution in [-0.2, 0) is 5.41 Å². The fourth-order valence-electron chi connectivity index (χ4n) is 19.3. The summed E-state index contributed by atoms with van der Waals surface area (Å²) in [6, 6.07) is 102. The van der Waals surface area contributed by atoms with E-state index >= 15 is 0 Å². The van der Waals surface area contributed by atoms with Crippen LogP contribution in [0.2, 0.25) is 0 Å². The molecular weight excluding hydrogens is 1320 g/mol. The number of allylic oxidation sites excluding steroid dienone is 4. The number of para-hydroxylation sites is 4. The van der Waals surface area contributed by atoms with Crippen molar-refractivity contribution in [1.82, 2.24) is 9.13 Å². The number of hydrogen-bond acceptors (Lipinski definition) is 2. The molecule has 5 aliphatic rings. The van der Waals surface area contributed by atoms with Gasteiger partial charge in [0.25, 0.3) is 0 Å². The second-order valence-corrected chi connectivity index (χ2v) is 34.7. The topological polar surface area (TPSA) is 16.3 Å². The van der Waals surface area contributed by atoms with Gasteiger partial charge in [-0.1, -0.05) is 163 Å². The molecule has 4 atom stereocenters. The monoisotopic (exact) mass is 1410 g/mol.